The van der Waals surface area contributed by atoms with Gasteiger partial charge in [0, 0.05) is 0 Å². The van der Waals surface area contributed by atoms with Crippen LogP contribution in [0.5, 0.6) is 0 Å². The van der Waals surface area contributed by atoms with E-state index in [0.29, 0.717) is 5.92 Å². The number of hydrogen-bond donors (Lipinski definition) is 0. The first-order valence-corrected chi connectivity index (χ1v) is 6.51. The van der Waals surface area contributed by atoms with E-state index in [1.807, 2.05) is 0 Å². The molecule has 1 rings (SSSR count). The van der Waals surface area contributed by atoms with Crippen LogP contribution in [0.3, 0.4) is 0 Å². The summed E-state index contributed by atoms with van der Waals surface area (Å²) in [6.07, 6.45) is 25.5. The monoisotopic (exact) mass is 216 g/mol. The predicted octanol–water partition coefficient (Wildman–Crippen LogP) is 5.20. The maximum absolute atomic E-state index is 2.39. The van der Waals surface area contributed by atoms with Gasteiger partial charge in [0.1, 0.15) is 0 Å². The van der Waals surface area contributed by atoms with Gasteiger partial charge in [-0.05, 0) is 51.4 Å². The normalized spacial score (nSPS) is 29.2. The maximum atomic E-state index is 2.39. The van der Waals surface area contributed by atoms with Crippen molar-refractivity contribution in [2.24, 2.45) is 5.92 Å². The van der Waals surface area contributed by atoms with Crippen molar-refractivity contribution in [3.8, 4) is 0 Å². The van der Waals surface area contributed by atoms with Crippen molar-refractivity contribution in [1.82, 2.24) is 0 Å². The van der Waals surface area contributed by atoms with Gasteiger partial charge in [0.25, 0.3) is 0 Å². The molecular weight excluding hydrogens is 192 g/mol. The molecular formula is C16H24. The van der Waals surface area contributed by atoms with Crippen molar-refractivity contribution >= 4 is 0 Å². The fourth-order valence-electron chi connectivity index (χ4n) is 1.86. The second-order valence-corrected chi connectivity index (χ2v) is 4.33. The molecule has 1 atom stereocenters. The van der Waals surface area contributed by atoms with Crippen LogP contribution in [0.1, 0.15) is 45.4 Å². The van der Waals surface area contributed by atoms with Crippen molar-refractivity contribution < 1.29 is 0 Å². The summed E-state index contributed by atoms with van der Waals surface area (Å²) in [5.41, 5.74) is 0. The molecule has 0 saturated carbocycles. The first-order chi connectivity index (χ1) is 7.93. The van der Waals surface area contributed by atoms with E-state index in [0.717, 1.165) is 0 Å². The zero-order chi connectivity index (χ0) is 11.5. The van der Waals surface area contributed by atoms with Crippen LogP contribution in [0.4, 0.5) is 0 Å². The third-order valence-corrected chi connectivity index (χ3v) is 2.85. The Morgan fingerprint density at radius 3 is 2.25 bits per heavy atom. The Balaban J connectivity index is 2.49. The fraction of sp³-hybridized carbons (Fsp3) is 0.500. The lowest BCUT2D eigenvalue weighted by molar-refractivity contribution is 0.669. The van der Waals surface area contributed by atoms with Gasteiger partial charge in [-0.2, -0.15) is 0 Å². The fourth-order valence-corrected chi connectivity index (χ4v) is 1.86. The van der Waals surface area contributed by atoms with Crippen molar-refractivity contribution in [2.45, 2.75) is 45.4 Å². The molecule has 88 valence electrons. The predicted molar refractivity (Wildman–Crippen MR) is 73.4 cm³/mol. The molecule has 0 nitrogen and oxygen atoms in total. The van der Waals surface area contributed by atoms with Crippen molar-refractivity contribution in [1.29, 1.82) is 0 Å². The summed E-state index contributed by atoms with van der Waals surface area (Å²) in [5.74, 6) is 0.691. The summed E-state index contributed by atoms with van der Waals surface area (Å²) in [6, 6.07) is 0. The quantitative estimate of drug-likeness (QED) is 0.556. The SMILES string of the molecule is C/C=C/CC1/C=C/CC/C=C/CC/C=C/C1. The van der Waals surface area contributed by atoms with Crippen molar-refractivity contribution in [3.63, 3.8) is 0 Å². The highest BCUT2D eigenvalue weighted by Gasteiger charge is 1.99. The first-order valence-electron chi connectivity index (χ1n) is 6.51. The second-order valence-electron chi connectivity index (χ2n) is 4.33. The molecule has 0 spiro atoms. The van der Waals surface area contributed by atoms with Crippen LogP contribution >= 0.6 is 0 Å². The number of allylic oxidation sites excluding steroid dienone is 8. The largest absolute Gasteiger partial charge is 0.0916 e. The number of hydrogen-bond acceptors (Lipinski definition) is 0. The van der Waals surface area contributed by atoms with Gasteiger partial charge in [-0.1, -0.05) is 48.6 Å². The van der Waals surface area contributed by atoms with E-state index in [1.54, 1.807) is 0 Å². The Labute approximate surface area is 100 Å². The van der Waals surface area contributed by atoms with Gasteiger partial charge in [-0.3, -0.25) is 0 Å². The van der Waals surface area contributed by atoms with Gasteiger partial charge in [0.05, 0.1) is 0 Å². The smallest absolute Gasteiger partial charge is 0.0164 e. The van der Waals surface area contributed by atoms with E-state index < -0.39 is 0 Å². The highest BCUT2D eigenvalue weighted by atomic mass is 14.0. The molecule has 0 fully saturated rings. The Bertz CT molecular complexity index is 266. The van der Waals surface area contributed by atoms with Gasteiger partial charge >= 0.3 is 0 Å². The average Bonchev–Trinajstić information content (AvgIpc) is 2.28. The minimum absolute atomic E-state index is 0.691. The Kier molecular flexibility index (Phi) is 7.49. The Hall–Kier alpha value is -1.04. The summed E-state index contributed by atoms with van der Waals surface area (Å²) >= 11 is 0. The Morgan fingerprint density at radius 2 is 1.56 bits per heavy atom. The summed E-state index contributed by atoms with van der Waals surface area (Å²) in [4.78, 5) is 0. The van der Waals surface area contributed by atoms with Crippen LogP contribution in [-0.2, 0) is 0 Å². The molecule has 0 radical (unpaired) electrons. The molecule has 0 heterocycles. The van der Waals surface area contributed by atoms with Crippen LogP contribution in [0.15, 0.2) is 48.6 Å². The molecule has 0 aromatic carbocycles. The third-order valence-electron chi connectivity index (χ3n) is 2.85. The van der Waals surface area contributed by atoms with Gasteiger partial charge < -0.3 is 0 Å². The van der Waals surface area contributed by atoms with E-state index in [-0.39, 0.29) is 0 Å². The summed E-state index contributed by atoms with van der Waals surface area (Å²) in [7, 11) is 0. The summed E-state index contributed by atoms with van der Waals surface area (Å²) < 4.78 is 0. The van der Waals surface area contributed by atoms with E-state index in [4.69, 9.17) is 0 Å². The lowest BCUT2D eigenvalue weighted by Gasteiger charge is -2.07. The Morgan fingerprint density at radius 1 is 0.938 bits per heavy atom. The molecule has 0 aromatic heterocycles. The zero-order valence-electron chi connectivity index (χ0n) is 10.4. The van der Waals surface area contributed by atoms with Crippen LogP contribution < -0.4 is 0 Å². The van der Waals surface area contributed by atoms with Gasteiger partial charge in [-0.25, -0.2) is 0 Å². The lowest BCUT2D eigenvalue weighted by atomic mass is 9.99. The van der Waals surface area contributed by atoms with E-state index in [2.05, 4.69) is 55.5 Å². The summed E-state index contributed by atoms with van der Waals surface area (Å²) in [5, 5.41) is 0. The number of rotatable bonds is 2. The molecule has 0 aliphatic heterocycles. The molecule has 1 aliphatic carbocycles. The first kappa shape index (κ1) is 13.0. The van der Waals surface area contributed by atoms with E-state index in [9.17, 15) is 0 Å². The van der Waals surface area contributed by atoms with Gasteiger partial charge in [0.15, 0.2) is 0 Å². The van der Waals surface area contributed by atoms with Crippen LogP contribution in [0, 0.1) is 5.92 Å². The minimum Gasteiger partial charge on any atom is -0.0916 e. The summed E-state index contributed by atoms with van der Waals surface area (Å²) in [6.45, 7) is 2.10. The lowest BCUT2D eigenvalue weighted by Crippen LogP contribution is -1.92. The minimum atomic E-state index is 0.691. The molecule has 0 N–H and O–H groups in total. The molecule has 1 unspecified atom stereocenters. The highest BCUT2D eigenvalue weighted by Crippen LogP contribution is 2.14. The maximum Gasteiger partial charge on any atom is -0.0164 e. The van der Waals surface area contributed by atoms with E-state index >= 15 is 0 Å². The van der Waals surface area contributed by atoms with Gasteiger partial charge in [0.2, 0.25) is 0 Å². The third kappa shape index (κ3) is 6.44. The molecule has 0 bridgehead atoms. The molecule has 0 amide bonds. The molecule has 0 aromatic rings. The molecule has 1 aliphatic rings. The topological polar surface area (TPSA) is 0 Å². The van der Waals surface area contributed by atoms with Gasteiger partial charge in [-0.15, -0.1) is 0 Å². The molecule has 0 heteroatoms. The standard InChI is InChI=1S/C16H24/c1-2-3-13-16-14-11-9-7-5-4-6-8-10-12-15-16/h2-5,10-12,14,16H,6-9,13,15H2,1H3/b3-2+,5-4+,12-10+,14-11+. The highest BCUT2D eigenvalue weighted by molar-refractivity contribution is 4.99. The average molecular weight is 216 g/mol. The second kappa shape index (κ2) is 9.21. The van der Waals surface area contributed by atoms with Crippen molar-refractivity contribution in [3.05, 3.63) is 48.6 Å². The zero-order valence-corrected chi connectivity index (χ0v) is 10.4. The molecule has 16 heavy (non-hydrogen) atoms. The van der Waals surface area contributed by atoms with Crippen LogP contribution in [-0.4, -0.2) is 0 Å². The van der Waals surface area contributed by atoms with E-state index in [1.165, 1.54) is 38.5 Å². The van der Waals surface area contributed by atoms with Crippen LogP contribution in [0.2, 0.25) is 0 Å². The van der Waals surface area contributed by atoms with Crippen LogP contribution in [0.25, 0.3) is 0 Å². The molecule has 0 saturated heterocycles. The van der Waals surface area contributed by atoms with Crippen molar-refractivity contribution in [2.75, 3.05) is 0 Å².